The van der Waals surface area contributed by atoms with Crippen molar-refractivity contribution in [3.8, 4) is 0 Å². The third-order valence-electron chi connectivity index (χ3n) is 3.53. The summed E-state index contributed by atoms with van der Waals surface area (Å²) in [4.78, 5) is 35.8. The number of carbonyl (C=O) groups is 3. The van der Waals surface area contributed by atoms with E-state index in [0.29, 0.717) is 5.56 Å². The summed E-state index contributed by atoms with van der Waals surface area (Å²) >= 11 is 0. The van der Waals surface area contributed by atoms with E-state index in [4.69, 9.17) is 4.74 Å². The molecule has 2 rings (SSSR count). The molecular formula is C20H20N2O4. The van der Waals surface area contributed by atoms with Crippen LogP contribution in [-0.4, -0.2) is 25.0 Å². The van der Waals surface area contributed by atoms with Crippen molar-refractivity contribution >= 4 is 24.0 Å². The van der Waals surface area contributed by atoms with Crippen molar-refractivity contribution < 1.29 is 19.1 Å². The summed E-state index contributed by atoms with van der Waals surface area (Å²) in [7, 11) is 1.39. The average Bonchev–Trinajstić information content (AvgIpc) is 2.66. The SMILES string of the molecule is CNC(=O)NC(=O)[C@@H](OC(=O)/C=C/c1ccc(C)cc1)c1ccccc1. The summed E-state index contributed by atoms with van der Waals surface area (Å²) in [6.07, 6.45) is 1.61. The van der Waals surface area contributed by atoms with Gasteiger partial charge in [-0.05, 0) is 18.6 Å². The van der Waals surface area contributed by atoms with Crippen LogP contribution in [0.25, 0.3) is 6.08 Å². The average molecular weight is 352 g/mol. The van der Waals surface area contributed by atoms with Crippen molar-refractivity contribution in [2.45, 2.75) is 13.0 Å². The Hall–Kier alpha value is -3.41. The van der Waals surface area contributed by atoms with E-state index < -0.39 is 24.0 Å². The lowest BCUT2D eigenvalue weighted by Gasteiger charge is -2.16. The second-order valence-electron chi connectivity index (χ2n) is 5.54. The molecule has 0 saturated carbocycles. The van der Waals surface area contributed by atoms with Gasteiger partial charge in [-0.3, -0.25) is 10.1 Å². The molecule has 26 heavy (non-hydrogen) atoms. The van der Waals surface area contributed by atoms with Gasteiger partial charge in [0.1, 0.15) is 0 Å². The van der Waals surface area contributed by atoms with E-state index in [0.717, 1.165) is 11.1 Å². The van der Waals surface area contributed by atoms with Crippen LogP contribution in [0.5, 0.6) is 0 Å². The summed E-state index contributed by atoms with van der Waals surface area (Å²) < 4.78 is 5.27. The molecule has 0 aliphatic rings. The summed E-state index contributed by atoms with van der Waals surface area (Å²) in [5.41, 5.74) is 2.41. The van der Waals surface area contributed by atoms with E-state index in [-0.39, 0.29) is 0 Å². The van der Waals surface area contributed by atoms with Gasteiger partial charge in [0.15, 0.2) is 0 Å². The van der Waals surface area contributed by atoms with Crippen LogP contribution in [0.3, 0.4) is 0 Å². The molecular weight excluding hydrogens is 332 g/mol. The molecule has 1 atom stereocenters. The molecule has 6 nitrogen and oxygen atoms in total. The minimum Gasteiger partial charge on any atom is -0.444 e. The van der Waals surface area contributed by atoms with E-state index in [1.54, 1.807) is 36.4 Å². The Morgan fingerprint density at radius 3 is 2.27 bits per heavy atom. The van der Waals surface area contributed by atoms with Gasteiger partial charge in [-0.15, -0.1) is 0 Å². The third-order valence-corrected chi connectivity index (χ3v) is 3.53. The molecule has 0 aliphatic heterocycles. The van der Waals surface area contributed by atoms with Crippen LogP contribution < -0.4 is 10.6 Å². The van der Waals surface area contributed by atoms with E-state index in [2.05, 4.69) is 10.6 Å². The zero-order valence-corrected chi connectivity index (χ0v) is 14.6. The van der Waals surface area contributed by atoms with E-state index >= 15 is 0 Å². The van der Waals surface area contributed by atoms with Gasteiger partial charge in [-0.25, -0.2) is 9.59 Å². The van der Waals surface area contributed by atoms with E-state index in [9.17, 15) is 14.4 Å². The van der Waals surface area contributed by atoms with Crippen molar-refractivity contribution in [2.75, 3.05) is 7.05 Å². The molecule has 0 aliphatic carbocycles. The molecule has 0 unspecified atom stereocenters. The summed E-state index contributed by atoms with van der Waals surface area (Å²) in [6, 6.07) is 15.4. The highest BCUT2D eigenvalue weighted by Gasteiger charge is 2.25. The number of ether oxygens (including phenoxy) is 1. The quantitative estimate of drug-likeness (QED) is 0.640. The fourth-order valence-corrected chi connectivity index (χ4v) is 2.14. The summed E-state index contributed by atoms with van der Waals surface area (Å²) in [5, 5.41) is 4.40. The highest BCUT2D eigenvalue weighted by atomic mass is 16.5. The third kappa shape index (κ3) is 5.59. The second kappa shape index (κ2) is 9.17. The van der Waals surface area contributed by atoms with Gasteiger partial charge < -0.3 is 10.1 Å². The standard InChI is InChI=1S/C20H20N2O4/c1-14-8-10-15(11-9-14)12-13-17(23)26-18(16-6-4-3-5-7-16)19(24)22-20(25)21-2/h3-13,18H,1-2H3,(H2,21,22,24,25)/b13-12+/t18-/m0/s1. The Kier molecular flexibility index (Phi) is 6.68. The van der Waals surface area contributed by atoms with Gasteiger partial charge in [0, 0.05) is 18.7 Å². The fraction of sp³-hybridized carbons (Fsp3) is 0.150. The Bertz CT molecular complexity index is 798. The molecule has 0 saturated heterocycles. The molecule has 2 aromatic carbocycles. The van der Waals surface area contributed by atoms with Crippen molar-refractivity contribution in [3.05, 3.63) is 77.4 Å². The van der Waals surface area contributed by atoms with E-state index in [1.807, 2.05) is 31.2 Å². The largest absolute Gasteiger partial charge is 0.444 e. The van der Waals surface area contributed by atoms with Crippen molar-refractivity contribution in [3.63, 3.8) is 0 Å². The zero-order valence-electron chi connectivity index (χ0n) is 14.6. The molecule has 2 N–H and O–H groups in total. The highest BCUT2D eigenvalue weighted by Crippen LogP contribution is 2.18. The Morgan fingerprint density at radius 1 is 1.00 bits per heavy atom. The fourth-order valence-electron chi connectivity index (χ4n) is 2.14. The number of urea groups is 1. The smallest absolute Gasteiger partial charge is 0.331 e. The predicted octanol–water partition coefficient (Wildman–Crippen LogP) is 2.75. The molecule has 0 heterocycles. The minimum atomic E-state index is -1.23. The molecule has 0 spiro atoms. The minimum absolute atomic E-state index is 0.464. The van der Waals surface area contributed by atoms with Crippen LogP contribution in [0.15, 0.2) is 60.7 Å². The molecule has 0 bridgehead atoms. The maximum atomic E-state index is 12.3. The number of amides is 3. The second-order valence-corrected chi connectivity index (χ2v) is 5.54. The van der Waals surface area contributed by atoms with Crippen LogP contribution >= 0.6 is 0 Å². The topological polar surface area (TPSA) is 84.5 Å². The molecule has 134 valence electrons. The Morgan fingerprint density at radius 2 is 1.65 bits per heavy atom. The number of nitrogens with one attached hydrogen (secondary N) is 2. The first kappa shape index (κ1) is 18.9. The van der Waals surface area contributed by atoms with Crippen LogP contribution in [0.2, 0.25) is 0 Å². The maximum absolute atomic E-state index is 12.3. The number of benzene rings is 2. The predicted molar refractivity (Wildman–Crippen MR) is 98.1 cm³/mol. The first-order valence-corrected chi connectivity index (χ1v) is 8.02. The highest BCUT2D eigenvalue weighted by molar-refractivity contribution is 5.98. The molecule has 6 heteroatoms. The Balaban J connectivity index is 2.12. The number of hydrogen-bond donors (Lipinski definition) is 2. The molecule has 0 fully saturated rings. The van der Waals surface area contributed by atoms with Crippen LogP contribution in [0.1, 0.15) is 22.8 Å². The summed E-state index contributed by atoms with van der Waals surface area (Å²) in [6.45, 7) is 1.97. The molecule has 3 amide bonds. The molecule has 2 aromatic rings. The number of imide groups is 1. The zero-order chi connectivity index (χ0) is 18.9. The van der Waals surface area contributed by atoms with Gasteiger partial charge >= 0.3 is 12.0 Å². The normalized spacial score (nSPS) is 11.6. The lowest BCUT2D eigenvalue weighted by Crippen LogP contribution is -2.41. The van der Waals surface area contributed by atoms with Crippen molar-refractivity contribution in [1.29, 1.82) is 0 Å². The van der Waals surface area contributed by atoms with Crippen molar-refractivity contribution in [2.24, 2.45) is 0 Å². The van der Waals surface area contributed by atoms with Gasteiger partial charge in [-0.1, -0.05) is 60.2 Å². The van der Waals surface area contributed by atoms with E-state index in [1.165, 1.54) is 13.1 Å². The van der Waals surface area contributed by atoms with Crippen LogP contribution in [0.4, 0.5) is 4.79 Å². The number of hydrogen-bond acceptors (Lipinski definition) is 4. The Labute approximate surface area is 151 Å². The number of aryl methyl sites for hydroxylation is 1. The number of esters is 1. The lowest BCUT2D eigenvalue weighted by atomic mass is 10.1. The maximum Gasteiger partial charge on any atom is 0.331 e. The number of carbonyl (C=O) groups excluding carboxylic acids is 3. The number of rotatable bonds is 5. The summed E-state index contributed by atoms with van der Waals surface area (Å²) in [5.74, 6) is -1.42. The molecule has 0 aromatic heterocycles. The molecule has 0 radical (unpaired) electrons. The van der Waals surface area contributed by atoms with Gasteiger partial charge in [0.05, 0.1) is 0 Å². The van der Waals surface area contributed by atoms with Crippen LogP contribution in [0, 0.1) is 6.92 Å². The van der Waals surface area contributed by atoms with Gasteiger partial charge in [0.25, 0.3) is 5.91 Å². The van der Waals surface area contributed by atoms with Crippen LogP contribution in [-0.2, 0) is 14.3 Å². The van der Waals surface area contributed by atoms with Gasteiger partial charge in [-0.2, -0.15) is 0 Å². The first-order chi connectivity index (χ1) is 12.5. The van der Waals surface area contributed by atoms with Crippen molar-refractivity contribution in [1.82, 2.24) is 10.6 Å². The lowest BCUT2D eigenvalue weighted by molar-refractivity contribution is -0.151. The van der Waals surface area contributed by atoms with Gasteiger partial charge in [0.2, 0.25) is 6.10 Å². The monoisotopic (exact) mass is 352 g/mol. The first-order valence-electron chi connectivity index (χ1n) is 8.02.